The number of likely N-dealkylation sites (tertiary alicyclic amines) is 1. The molecule has 43 heavy (non-hydrogen) atoms. The van der Waals surface area contributed by atoms with Crippen molar-refractivity contribution in [1.82, 2.24) is 4.90 Å². The normalized spacial score (nSPS) is 30.3. The Hall–Kier alpha value is -3.72. The number of hydrogen-bond acceptors (Lipinski definition) is 6. The molecule has 0 bridgehead atoms. The highest BCUT2D eigenvalue weighted by atomic mass is 35.5. The molecule has 2 heterocycles. The molecule has 2 aliphatic heterocycles. The number of anilines is 1. The molecule has 0 aromatic heterocycles. The van der Waals surface area contributed by atoms with Gasteiger partial charge in [0.1, 0.15) is 5.82 Å². The van der Waals surface area contributed by atoms with E-state index in [1.807, 2.05) is 26.8 Å². The first kappa shape index (κ1) is 29.4. The molecule has 2 aliphatic carbocycles. The van der Waals surface area contributed by atoms with Crippen LogP contribution >= 0.6 is 11.6 Å². The van der Waals surface area contributed by atoms with Crippen LogP contribution in [0.5, 0.6) is 11.5 Å². The lowest BCUT2D eigenvalue weighted by Crippen LogP contribution is -2.49. The molecule has 6 unspecified atom stereocenters. The van der Waals surface area contributed by atoms with Crippen LogP contribution in [0.2, 0.25) is 5.02 Å². The molecule has 1 N–H and O–H groups in total. The number of amides is 4. The smallest absolute Gasteiger partial charge is 0.241 e. The summed E-state index contributed by atoms with van der Waals surface area (Å²) in [6.07, 6.45) is 2.50. The first-order valence-electron chi connectivity index (χ1n) is 14.6. The van der Waals surface area contributed by atoms with E-state index in [9.17, 15) is 28.7 Å². The average Bonchev–Trinajstić information content (AvgIpc) is 3.31. The Morgan fingerprint density at radius 3 is 2.42 bits per heavy atom. The number of ether oxygens (including phenoxy) is 1. The minimum atomic E-state index is -1.29. The molecule has 4 aliphatic rings. The number of phenols is 1. The van der Waals surface area contributed by atoms with Gasteiger partial charge in [-0.15, -0.1) is 0 Å². The lowest BCUT2D eigenvalue weighted by molar-refractivity contribution is -0.145. The number of carbonyl (C=O) groups excluding carboxylic acids is 4. The Morgan fingerprint density at radius 2 is 1.77 bits per heavy atom. The van der Waals surface area contributed by atoms with Crippen LogP contribution in [-0.4, -0.2) is 45.8 Å². The van der Waals surface area contributed by atoms with E-state index in [-0.39, 0.29) is 40.4 Å². The molecule has 6 atom stereocenters. The SMILES string of the molecule is CCOc1cc(C2C3=CCC4C(=O)N(C(C)(C)C)C(=O)C4C3CC3C(=O)N(c4ccc(F)c(Cl)c4)C(=O)C32C)ccc1O. The topological polar surface area (TPSA) is 104 Å². The maximum absolute atomic E-state index is 14.5. The number of halogens is 2. The third-order valence-electron chi connectivity index (χ3n) is 9.72. The predicted molar refractivity (Wildman–Crippen MR) is 157 cm³/mol. The fourth-order valence-electron chi connectivity index (χ4n) is 7.91. The zero-order chi connectivity index (χ0) is 31.2. The van der Waals surface area contributed by atoms with Gasteiger partial charge < -0.3 is 9.84 Å². The molecule has 0 radical (unpaired) electrons. The standard InChI is InChI=1S/C33H34ClFN2O6/c1-6-43-25-13-16(7-12-24(25)38)27-18-9-10-19-26(30(41)37(28(19)39)32(2,3)4)20(18)15-21-29(40)36(31(42)33(21,27)5)17-8-11-23(35)22(34)14-17/h7-9,11-14,19-21,26-27,38H,6,10,15H2,1-5H3. The van der Waals surface area contributed by atoms with Crippen molar-refractivity contribution in [3.63, 3.8) is 0 Å². The quantitative estimate of drug-likeness (QED) is 0.357. The number of nitrogens with zero attached hydrogens (tertiary/aromatic N) is 2. The second-order valence-electron chi connectivity index (χ2n) is 13.1. The number of aromatic hydroxyl groups is 1. The average molecular weight is 609 g/mol. The Kier molecular flexibility index (Phi) is 6.76. The van der Waals surface area contributed by atoms with Crippen molar-refractivity contribution in [3.8, 4) is 11.5 Å². The number of benzene rings is 2. The molecule has 4 amide bonds. The van der Waals surface area contributed by atoms with Gasteiger partial charge in [0.15, 0.2) is 11.5 Å². The second kappa shape index (κ2) is 9.91. The van der Waals surface area contributed by atoms with Gasteiger partial charge in [-0.05, 0) is 89.3 Å². The molecule has 2 saturated heterocycles. The van der Waals surface area contributed by atoms with Crippen molar-refractivity contribution in [1.29, 1.82) is 0 Å². The number of allylic oxidation sites excluding steroid dienone is 2. The van der Waals surface area contributed by atoms with Gasteiger partial charge in [-0.1, -0.05) is 29.3 Å². The molecule has 2 aromatic rings. The molecule has 3 fully saturated rings. The summed E-state index contributed by atoms with van der Waals surface area (Å²) in [5.41, 5.74) is -0.367. The zero-order valence-electron chi connectivity index (χ0n) is 24.7. The van der Waals surface area contributed by atoms with Crippen molar-refractivity contribution in [2.75, 3.05) is 11.5 Å². The number of rotatable bonds is 4. The lowest BCUT2D eigenvalue weighted by atomic mass is 9.51. The summed E-state index contributed by atoms with van der Waals surface area (Å²) in [5, 5.41) is 10.3. The number of phenolic OH excluding ortho intramolecular Hbond substituents is 1. The van der Waals surface area contributed by atoms with Crippen LogP contribution in [0.1, 0.15) is 58.9 Å². The van der Waals surface area contributed by atoms with Crippen LogP contribution in [0.4, 0.5) is 10.1 Å². The number of fused-ring (bicyclic) bond motifs is 4. The maximum atomic E-state index is 14.5. The van der Waals surface area contributed by atoms with Crippen LogP contribution in [0, 0.1) is 34.9 Å². The zero-order valence-corrected chi connectivity index (χ0v) is 25.4. The summed E-state index contributed by atoms with van der Waals surface area (Å²) in [5.74, 6) is -5.11. The summed E-state index contributed by atoms with van der Waals surface area (Å²) >= 11 is 6.06. The summed E-state index contributed by atoms with van der Waals surface area (Å²) in [7, 11) is 0. The predicted octanol–water partition coefficient (Wildman–Crippen LogP) is 5.61. The molecular weight excluding hydrogens is 575 g/mol. The van der Waals surface area contributed by atoms with Crippen LogP contribution in [-0.2, 0) is 19.2 Å². The minimum Gasteiger partial charge on any atom is -0.504 e. The maximum Gasteiger partial charge on any atom is 0.241 e. The highest BCUT2D eigenvalue weighted by Gasteiger charge is 2.68. The molecule has 6 rings (SSSR count). The fraction of sp³-hybridized carbons (Fsp3) is 0.455. The number of carbonyl (C=O) groups is 4. The van der Waals surface area contributed by atoms with Crippen LogP contribution < -0.4 is 9.64 Å². The van der Waals surface area contributed by atoms with E-state index in [0.29, 0.717) is 18.6 Å². The number of imide groups is 2. The van der Waals surface area contributed by atoms with E-state index in [0.717, 1.165) is 16.5 Å². The molecule has 8 nitrogen and oxygen atoms in total. The monoisotopic (exact) mass is 608 g/mol. The molecular formula is C33H34ClFN2O6. The van der Waals surface area contributed by atoms with Gasteiger partial charge in [0.05, 0.1) is 40.5 Å². The Labute approximate surface area is 254 Å². The Balaban J connectivity index is 1.53. The van der Waals surface area contributed by atoms with Gasteiger partial charge in [-0.25, -0.2) is 9.29 Å². The van der Waals surface area contributed by atoms with Crippen LogP contribution in [0.15, 0.2) is 48.0 Å². The summed E-state index contributed by atoms with van der Waals surface area (Å²) in [6, 6.07) is 8.61. The minimum absolute atomic E-state index is 0.0638. The van der Waals surface area contributed by atoms with Gasteiger partial charge >= 0.3 is 0 Å². The highest BCUT2D eigenvalue weighted by Crippen LogP contribution is 2.64. The van der Waals surface area contributed by atoms with Gasteiger partial charge in [0.2, 0.25) is 23.6 Å². The van der Waals surface area contributed by atoms with Crippen molar-refractivity contribution in [3.05, 3.63) is 64.5 Å². The largest absolute Gasteiger partial charge is 0.504 e. The molecule has 1 saturated carbocycles. The van der Waals surface area contributed by atoms with E-state index >= 15 is 0 Å². The molecule has 0 spiro atoms. The summed E-state index contributed by atoms with van der Waals surface area (Å²) in [6.45, 7) is 9.32. The van der Waals surface area contributed by atoms with E-state index in [4.69, 9.17) is 16.3 Å². The van der Waals surface area contributed by atoms with Crippen molar-refractivity contribution in [2.45, 2.75) is 58.9 Å². The highest BCUT2D eigenvalue weighted by molar-refractivity contribution is 6.31. The van der Waals surface area contributed by atoms with E-state index in [1.165, 1.54) is 23.1 Å². The molecule has 2 aromatic carbocycles. The lowest BCUT2D eigenvalue weighted by Gasteiger charge is -2.49. The second-order valence-corrected chi connectivity index (χ2v) is 13.5. The van der Waals surface area contributed by atoms with Crippen molar-refractivity contribution < 1.29 is 33.4 Å². The van der Waals surface area contributed by atoms with Crippen LogP contribution in [0.25, 0.3) is 0 Å². The first-order chi connectivity index (χ1) is 20.2. The third-order valence-corrected chi connectivity index (χ3v) is 10.0. The Morgan fingerprint density at radius 1 is 1.05 bits per heavy atom. The Bertz CT molecular complexity index is 1610. The van der Waals surface area contributed by atoms with Gasteiger partial charge in [0, 0.05) is 11.5 Å². The molecule has 10 heteroatoms. The van der Waals surface area contributed by atoms with Crippen LogP contribution in [0.3, 0.4) is 0 Å². The van der Waals surface area contributed by atoms with Gasteiger partial charge in [-0.3, -0.25) is 24.1 Å². The van der Waals surface area contributed by atoms with Gasteiger partial charge in [0.25, 0.3) is 0 Å². The van der Waals surface area contributed by atoms with Crippen molar-refractivity contribution in [2.24, 2.45) is 29.1 Å². The van der Waals surface area contributed by atoms with E-state index in [2.05, 4.69) is 0 Å². The summed E-state index contributed by atoms with van der Waals surface area (Å²) < 4.78 is 19.7. The molecule has 226 valence electrons. The first-order valence-corrected chi connectivity index (χ1v) is 15.0. The number of hydrogen-bond donors (Lipinski definition) is 1. The van der Waals surface area contributed by atoms with Crippen molar-refractivity contribution >= 4 is 40.9 Å². The fourth-order valence-corrected chi connectivity index (χ4v) is 8.08. The van der Waals surface area contributed by atoms with Gasteiger partial charge in [-0.2, -0.15) is 0 Å². The van der Waals surface area contributed by atoms with E-state index < -0.39 is 58.2 Å². The van der Waals surface area contributed by atoms with E-state index in [1.54, 1.807) is 26.0 Å². The summed E-state index contributed by atoms with van der Waals surface area (Å²) in [4.78, 5) is 58.6. The third kappa shape index (κ3) is 4.14.